The molecule has 2 aromatic carbocycles. The fourth-order valence-corrected chi connectivity index (χ4v) is 2.81. The van der Waals surface area contributed by atoms with E-state index in [2.05, 4.69) is 10.6 Å². The fourth-order valence-electron chi connectivity index (χ4n) is 2.81. The highest BCUT2D eigenvalue weighted by atomic mass is 16.5. The number of ether oxygens (including phenoxy) is 1. The molecule has 0 aliphatic heterocycles. The molecule has 0 aromatic heterocycles. The van der Waals surface area contributed by atoms with Crippen LogP contribution in [0.1, 0.15) is 31.4 Å². The van der Waals surface area contributed by atoms with Crippen LogP contribution < -0.4 is 10.6 Å². The van der Waals surface area contributed by atoms with Crippen LogP contribution in [-0.4, -0.2) is 35.2 Å². The molecular formula is C24H28N2O5. The Morgan fingerprint density at radius 2 is 1.48 bits per heavy atom. The number of carboxylic acids is 1. The minimum absolute atomic E-state index is 0.0602. The SMILES string of the molecule is CC(C)=CC[C@@H](NC(=O)[C@H](Cc1ccccc1)NC(=O)OCc1ccccc1)C(=O)O. The number of amides is 2. The molecule has 2 atom stereocenters. The normalized spacial score (nSPS) is 12.2. The van der Waals surface area contributed by atoms with E-state index in [9.17, 15) is 19.5 Å². The highest BCUT2D eigenvalue weighted by Gasteiger charge is 2.26. The fraction of sp³-hybridized carbons (Fsp3) is 0.292. The summed E-state index contributed by atoms with van der Waals surface area (Å²) in [6, 6.07) is 16.2. The highest BCUT2D eigenvalue weighted by Crippen LogP contribution is 2.07. The van der Waals surface area contributed by atoms with Gasteiger partial charge in [0.1, 0.15) is 18.7 Å². The summed E-state index contributed by atoms with van der Waals surface area (Å²) < 4.78 is 5.22. The van der Waals surface area contributed by atoms with Crippen molar-refractivity contribution in [1.29, 1.82) is 0 Å². The van der Waals surface area contributed by atoms with Crippen molar-refractivity contribution in [3.63, 3.8) is 0 Å². The van der Waals surface area contributed by atoms with Crippen molar-refractivity contribution >= 4 is 18.0 Å². The van der Waals surface area contributed by atoms with Crippen molar-refractivity contribution in [1.82, 2.24) is 10.6 Å². The Balaban J connectivity index is 2.07. The van der Waals surface area contributed by atoms with Crippen molar-refractivity contribution < 1.29 is 24.2 Å². The van der Waals surface area contributed by atoms with Crippen LogP contribution in [0, 0.1) is 0 Å². The van der Waals surface area contributed by atoms with Crippen LogP contribution in [0.2, 0.25) is 0 Å². The van der Waals surface area contributed by atoms with Crippen molar-refractivity contribution in [2.75, 3.05) is 0 Å². The van der Waals surface area contributed by atoms with Gasteiger partial charge >= 0.3 is 12.1 Å². The molecule has 0 bridgehead atoms. The number of hydrogen-bond donors (Lipinski definition) is 3. The zero-order valence-electron chi connectivity index (χ0n) is 17.7. The van der Waals surface area contributed by atoms with Crippen LogP contribution >= 0.6 is 0 Å². The first kappa shape index (κ1) is 23.7. The Kier molecular flexibility index (Phi) is 9.29. The van der Waals surface area contributed by atoms with Crippen LogP contribution in [0.3, 0.4) is 0 Å². The third kappa shape index (κ3) is 8.74. The number of allylic oxidation sites excluding steroid dienone is 1. The quantitative estimate of drug-likeness (QED) is 0.507. The first-order chi connectivity index (χ1) is 14.8. The molecule has 0 aliphatic carbocycles. The second kappa shape index (κ2) is 12.2. The molecule has 0 unspecified atom stereocenters. The van der Waals surface area contributed by atoms with E-state index in [1.807, 2.05) is 74.5 Å². The third-order valence-corrected chi connectivity index (χ3v) is 4.48. The Morgan fingerprint density at radius 1 is 0.903 bits per heavy atom. The molecule has 0 saturated heterocycles. The number of hydrogen-bond acceptors (Lipinski definition) is 4. The summed E-state index contributed by atoms with van der Waals surface area (Å²) in [6.07, 6.45) is 1.34. The lowest BCUT2D eigenvalue weighted by molar-refractivity contribution is -0.142. The van der Waals surface area contributed by atoms with Gasteiger partial charge in [-0.15, -0.1) is 0 Å². The minimum Gasteiger partial charge on any atom is -0.480 e. The summed E-state index contributed by atoms with van der Waals surface area (Å²) in [4.78, 5) is 36.7. The standard InChI is InChI=1S/C24H28N2O5/c1-17(2)13-14-20(23(28)29)25-22(27)21(15-18-9-5-3-6-10-18)26-24(30)31-16-19-11-7-4-8-12-19/h3-13,20-21H,14-16H2,1-2H3,(H,25,27)(H,26,30)(H,28,29)/t20-,21+/m1/s1. The molecular weight excluding hydrogens is 396 g/mol. The molecule has 0 spiro atoms. The summed E-state index contributed by atoms with van der Waals surface area (Å²) in [5.41, 5.74) is 2.58. The summed E-state index contributed by atoms with van der Waals surface area (Å²) in [5.74, 6) is -1.73. The monoisotopic (exact) mass is 424 g/mol. The number of alkyl carbamates (subject to hydrolysis) is 1. The number of rotatable bonds is 10. The van der Waals surface area contributed by atoms with Gasteiger partial charge in [-0.3, -0.25) is 4.79 Å². The van der Waals surface area contributed by atoms with Gasteiger partial charge in [-0.1, -0.05) is 72.3 Å². The predicted molar refractivity (Wildman–Crippen MR) is 117 cm³/mol. The lowest BCUT2D eigenvalue weighted by Crippen LogP contribution is -2.52. The number of carbonyl (C=O) groups is 3. The van der Waals surface area contributed by atoms with Gasteiger partial charge in [0.15, 0.2) is 0 Å². The van der Waals surface area contributed by atoms with E-state index in [1.54, 1.807) is 6.08 Å². The number of nitrogens with one attached hydrogen (secondary N) is 2. The van der Waals surface area contributed by atoms with E-state index in [4.69, 9.17) is 4.74 Å². The summed E-state index contributed by atoms with van der Waals surface area (Å²) in [6.45, 7) is 3.76. The number of carbonyl (C=O) groups excluding carboxylic acids is 2. The van der Waals surface area contributed by atoms with Crippen molar-refractivity contribution in [3.8, 4) is 0 Å². The topological polar surface area (TPSA) is 105 Å². The average Bonchev–Trinajstić information content (AvgIpc) is 2.75. The lowest BCUT2D eigenvalue weighted by Gasteiger charge is -2.21. The predicted octanol–water partition coefficient (Wildman–Crippen LogP) is 3.45. The van der Waals surface area contributed by atoms with Gasteiger partial charge in [-0.25, -0.2) is 9.59 Å². The van der Waals surface area contributed by atoms with Crippen LogP contribution in [0.5, 0.6) is 0 Å². The smallest absolute Gasteiger partial charge is 0.408 e. The Hall–Kier alpha value is -3.61. The zero-order valence-corrected chi connectivity index (χ0v) is 17.7. The molecule has 0 heterocycles. The van der Waals surface area contributed by atoms with E-state index in [0.717, 1.165) is 16.7 Å². The average molecular weight is 424 g/mol. The third-order valence-electron chi connectivity index (χ3n) is 4.48. The van der Waals surface area contributed by atoms with Gasteiger partial charge in [0, 0.05) is 6.42 Å². The maximum absolute atomic E-state index is 12.9. The van der Waals surface area contributed by atoms with Crippen LogP contribution in [0.15, 0.2) is 72.3 Å². The summed E-state index contributed by atoms with van der Waals surface area (Å²) >= 11 is 0. The van der Waals surface area contributed by atoms with E-state index >= 15 is 0 Å². The largest absolute Gasteiger partial charge is 0.480 e. The molecule has 2 aromatic rings. The molecule has 0 saturated carbocycles. The lowest BCUT2D eigenvalue weighted by atomic mass is 10.0. The number of aliphatic carboxylic acids is 1. The molecule has 0 radical (unpaired) electrons. The zero-order chi connectivity index (χ0) is 22.6. The number of benzene rings is 2. The van der Waals surface area contributed by atoms with Crippen molar-refractivity contribution in [2.45, 2.75) is 45.4 Å². The molecule has 0 aliphatic rings. The van der Waals surface area contributed by atoms with E-state index in [1.165, 1.54) is 0 Å². The van der Waals surface area contributed by atoms with Crippen molar-refractivity contribution in [2.24, 2.45) is 0 Å². The second-order valence-electron chi connectivity index (χ2n) is 7.36. The van der Waals surface area contributed by atoms with E-state index in [-0.39, 0.29) is 19.4 Å². The first-order valence-corrected chi connectivity index (χ1v) is 10.0. The molecule has 164 valence electrons. The van der Waals surface area contributed by atoms with Gasteiger partial charge in [0.05, 0.1) is 0 Å². The molecule has 3 N–H and O–H groups in total. The van der Waals surface area contributed by atoms with Gasteiger partial charge in [-0.2, -0.15) is 0 Å². The molecule has 0 fully saturated rings. The number of carboxylic acid groups (broad SMARTS) is 1. The molecule has 31 heavy (non-hydrogen) atoms. The van der Waals surface area contributed by atoms with Crippen molar-refractivity contribution in [3.05, 3.63) is 83.4 Å². The van der Waals surface area contributed by atoms with Gasteiger partial charge in [-0.05, 0) is 31.4 Å². The Morgan fingerprint density at radius 3 is 2.03 bits per heavy atom. The van der Waals surface area contributed by atoms with Gasteiger partial charge in [0.25, 0.3) is 0 Å². The highest BCUT2D eigenvalue weighted by molar-refractivity contribution is 5.89. The maximum Gasteiger partial charge on any atom is 0.408 e. The minimum atomic E-state index is -1.14. The van der Waals surface area contributed by atoms with Crippen LogP contribution in [0.4, 0.5) is 4.79 Å². The van der Waals surface area contributed by atoms with E-state index < -0.39 is 30.1 Å². The second-order valence-corrected chi connectivity index (χ2v) is 7.36. The molecule has 2 amide bonds. The van der Waals surface area contributed by atoms with E-state index in [0.29, 0.717) is 0 Å². The van der Waals surface area contributed by atoms with Crippen LogP contribution in [0.25, 0.3) is 0 Å². The Bertz CT molecular complexity index is 893. The Labute approximate surface area is 182 Å². The molecule has 7 heteroatoms. The maximum atomic E-state index is 12.9. The molecule has 7 nitrogen and oxygen atoms in total. The summed E-state index contributed by atoms with van der Waals surface area (Å²) in [7, 11) is 0. The first-order valence-electron chi connectivity index (χ1n) is 10.0. The van der Waals surface area contributed by atoms with Crippen LogP contribution in [-0.2, 0) is 27.4 Å². The van der Waals surface area contributed by atoms with Gasteiger partial charge in [0.2, 0.25) is 5.91 Å². The summed E-state index contributed by atoms with van der Waals surface area (Å²) in [5, 5.41) is 14.5. The van der Waals surface area contributed by atoms with Gasteiger partial charge < -0.3 is 20.5 Å². The molecule has 2 rings (SSSR count).